The van der Waals surface area contributed by atoms with Gasteiger partial charge in [0.25, 0.3) is 0 Å². The lowest BCUT2D eigenvalue weighted by Crippen LogP contribution is -2.60. The zero-order chi connectivity index (χ0) is 26.6. The van der Waals surface area contributed by atoms with Crippen LogP contribution in [0.15, 0.2) is 94.7 Å². The van der Waals surface area contributed by atoms with Crippen LogP contribution in [0.25, 0.3) is 0 Å². The molecule has 0 radical (unpaired) electrons. The molecule has 4 rings (SSSR count). The maximum atomic E-state index is 13.5. The first-order chi connectivity index (χ1) is 17.6. The smallest absolute Gasteiger partial charge is 0.244 e. The number of nitrogens with one attached hydrogen (secondary N) is 2. The molecule has 0 bridgehead atoms. The number of anilines is 2. The third kappa shape index (κ3) is 5.88. The molecule has 12 heteroatoms. The third-order valence-electron chi connectivity index (χ3n) is 5.80. The predicted octanol–water partition coefficient (Wildman–Crippen LogP) is 2.35. The van der Waals surface area contributed by atoms with Crippen molar-refractivity contribution in [3.63, 3.8) is 0 Å². The normalized spacial score (nSPS) is 17.2. The van der Waals surface area contributed by atoms with Crippen LogP contribution < -0.4 is 10.6 Å². The number of hydrogen-bond donors (Lipinski definition) is 2. The lowest BCUT2D eigenvalue weighted by molar-refractivity contribution is -0.120. The molecule has 0 aromatic heterocycles. The summed E-state index contributed by atoms with van der Waals surface area (Å²) in [5.41, 5.74) is 0.885. The van der Waals surface area contributed by atoms with E-state index in [-0.39, 0.29) is 35.3 Å². The van der Waals surface area contributed by atoms with E-state index in [4.69, 9.17) is 0 Å². The van der Waals surface area contributed by atoms with Crippen LogP contribution in [0.5, 0.6) is 0 Å². The minimum atomic E-state index is -4.10. The van der Waals surface area contributed by atoms with Gasteiger partial charge in [0.05, 0.1) is 9.79 Å². The van der Waals surface area contributed by atoms with Crippen LogP contribution in [0.4, 0.5) is 11.4 Å². The molecule has 1 atom stereocenters. The molecule has 3 aromatic carbocycles. The number of hydrogen-bond acceptors (Lipinski definition) is 6. The van der Waals surface area contributed by atoms with Crippen LogP contribution in [-0.2, 0) is 29.6 Å². The molecule has 0 spiro atoms. The summed E-state index contributed by atoms with van der Waals surface area (Å²) in [4.78, 5) is 24.7. The minimum Gasteiger partial charge on any atom is -0.326 e. The van der Waals surface area contributed by atoms with Gasteiger partial charge >= 0.3 is 0 Å². The fraction of sp³-hybridized carbons (Fsp3) is 0.200. The molecule has 0 unspecified atom stereocenters. The number of carbonyl (C=O) groups is 2. The van der Waals surface area contributed by atoms with Crippen LogP contribution in [0.2, 0.25) is 0 Å². The quantitative estimate of drug-likeness (QED) is 0.471. The molecule has 0 saturated carbocycles. The Kier molecular flexibility index (Phi) is 7.73. The van der Waals surface area contributed by atoms with Crippen molar-refractivity contribution in [3.8, 4) is 0 Å². The Hall–Kier alpha value is -3.58. The van der Waals surface area contributed by atoms with Crippen LogP contribution in [0.3, 0.4) is 0 Å². The van der Waals surface area contributed by atoms with Gasteiger partial charge in [-0.05, 0) is 48.5 Å². The number of amides is 2. The van der Waals surface area contributed by atoms with Crippen molar-refractivity contribution >= 4 is 43.2 Å². The highest BCUT2D eigenvalue weighted by Crippen LogP contribution is 2.26. The molecule has 194 valence electrons. The van der Waals surface area contributed by atoms with Crippen molar-refractivity contribution in [2.45, 2.75) is 22.8 Å². The summed E-state index contributed by atoms with van der Waals surface area (Å²) in [6.07, 6.45) is 0. The number of benzene rings is 3. The van der Waals surface area contributed by atoms with E-state index in [1.807, 2.05) is 0 Å². The molecule has 1 heterocycles. The van der Waals surface area contributed by atoms with Crippen molar-refractivity contribution in [1.82, 2.24) is 8.61 Å². The van der Waals surface area contributed by atoms with Gasteiger partial charge in [0.15, 0.2) is 0 Å². The Bertz CT molecular complexity index is 1480. The van der Waals surface area contributed by atoms with Crippen molar-refractivity contribution in [1.29, 1.82) is 0 Å². The van der Waals surface area contributed by atoms with Crippen molar-refractivity contribution in [3.05, 3.63) is 84.9 Å². The number of carbonyl (C=O) groups excluding carboxylic acids is 2. The molecular formula is C25H26N4O6S2. The second-order valence-electron chi connectivity index (χ2n) is 8.37. The monoisotopic (exact) mass is 542 g/mol. The van der Waals surface area contributed by atoms with E-state index in [9.17, 15) is 26.4 Å². The maximum Gasteiger partial charge on any atom is 0.244 e. The molecule has 1 fully saturated rings. The van der Waals surface area contributed by atoms with Gasteiger partial charge in [-0.2, -0.15) is 8.61 Å². The Morgan fingerprint density at radius 1 is 0.703 bits per heavy atom. The summed E-state index contributed by atoms with van der Waals surface area (Å²) in [7, 11) is -8.06. The first kappa shape index (κ1) is 26.5. The van der Waals surface area contributed by atoms with Crippen LogP contribution in [0.1, 0.15) is 6.92 Å². The van der Waals surface area contributed by atoms with Gasteiger partial charge in [-0.1, -0.05) is 36.4 Å². The summed E-state index contributed by atoms with van der Waals surface area (Å²) in [5.74, 6) is -0.930. The van der Waals surface area contributed by atoms with Gasteiger partial charge in [-0.15, -0.1) is 0 Å². The highest BCUT2D eigenvalue weighted by molar-refractivity contribution is 7.89. The van der Waals surface area contributed by atoms with Gasteiger partial charge in [0.2, 0.25) is 31.9 Å². The second kappa shape index (κ2) is 10.8. The zero-order valence-corrected chi connectivity index (χ0v) is 21.6. The van der Waals surface area contributed by atoms with Crippen molar-refractivity contribution in [2.24, 2.45) is 0 Å². The molecule has 2 amide bonds. The molecule has 1 aliphatic heterocycles. The standard InChI is InChI=1S/C25H26N4O6S2/c1-19(30)26-20-12-14-21(15-13-20)27-25(31)24-18-28(36(32,33)22-8-4-2-5-9-22)16-17-29(24)37(34,35)23-10-6-3-7-11-23/h2-15,24H,16-18H2,1H3,(H,26,30)(H,27,31)/t24-/m1/s1. The minimum absolute atomic E-state index is 0.00632. The highest BCUT2D eigenvalue weighted by Gasteiger charge is 2.43. The van der Waals surface area contributed by atoms with Crippen molar-refractivity contribution in [2.75, 3.05) is 30.3 Å². The zero-order valence-electron chi connectivity index (χ0n) is 19.9. The maximum absolute atomic E-state index is 13.5. The van der Waals surface area contributed by atoms with E-state index in [0.29, 0.717) is 11.4 Å². The topological polar surface area (TPSA) is 133 Å². The van der Waals surface area contributed by atoms with Crippen LogP contribution in [-0.4, -0.2) is 62.9 Å². The summed E-state index contributed by atoms with van der Waals surface area (Å²) < 4.78 is 55.6. The molecule has 2 N–H and O–H groups in total. The van der Waals surface area contributed by atoms with Crippen molar-refractivity contribution < 1.29 is 26.4 Å². The van der Waals surface area contributed by atoms with E-state index >= 15 is 0 Å². The first-order valence-electron chi connectivity index (χ1n) is 11.4. The molecule has 10 nitrogen and oxygen atoms in total. The van der Waals surface area contributed by atoms with Gasteiger partial charge in [-0.3, -0.25) is 9.59 Å². The summed E-state index contributed by atoms with van der Waals surface area (Å²) in [5, 5.41) is 5.30. The van der Waals surface area contributed by atoms with Crippen LogP contribution >= 0.6 is 0 Å². The van der Waals surface area contributed by atoms with Crippen LogP contribution in [0, 0.1) is 0 Å². The van der Waals surface area contributed by atoms with Gasteiger partial charge in [0, 0.05) is 37.9 Å². The van der Waals surface area contributed by atoms with Gasteiger partial charge < -0.3 is 10.6 Å². The summed E-state index contributed by atoms with van der Waals surface area (Å²) in [6.45, 7) is 0.691. The molecular weight excluding hydrogens is 516 g/mol. The Morgan fingerprint density at radius 3 is 1.70 bits per heavy atom. The Labute approximate surface area is 216 Å². The third-order valence-corrected chi connectivity index (χ3v) is 9.60. The first-order valence-corrected chi connectivity index (χ1v) is 14.3. The fourth-order valence-corrected chi connectivity index (χ4v) is 7.05. The van der Waals surface area contributed by atoms with Gasteiger partial charge in [0.1, 0.15) is 6.04 Å². The van der Waals surface area contributed by atoms with E-state index in [2.05, 4.69) is 10.6 Å². The van der Waals surface area contributed by atoms with E-state index in [0.717, 1.165) is 8.61 Å². The van der Waals surface area contributed by atoms with E-state index < -0.39 is 32.0 Å². The lowest BCUT2D eigenvalue weighted by Gasteiger charge is -2.38. The van der Waals surface area contributed by atoms with E-state index in [1.54, 1.807) is 60.7 Å². The lowest BCUT2D eigenvalue weighted by atomic mass is 10.2. The molecule has 37 heavy (non-hydrogen) atoms. The summed E-state index contributed by atoms with van der Waals surface area (Å²) in [6, 6.07) is 20.4. The average Bonchev–Trinajstić information content (AvgIpc) is 2.90. The highest BCUT2D eigenvalue weighted by atomic mass is 32.2. The predicted molar refractivity (Wildman–Crippen MR) is 139 cm³/mol. The Balaban J connectivity index is 1.64. The number of piperazine rings is 1. The SMILES string of the molecule is CC(=O)Nc1ccc(NC(=O)[C@H]2CN(S(=O)(=O)c3ccccc3)CCN2S(=O)(=O)c2ccccc2)cc1. The summed E-state index contributed by atoms with van der Waals surface area (Å²) >= 11 is 0. The number of rotatable bonds is 7. The number of sulfonamides is 2. The Morgan fingerprint density at radius 2 is 1.19 bits per heavy atom. The second-order valence-corrected chi connectivity index (χ2v) is 12.2. The number of nitrogens with zero attached hydrogens (tertiary/aromatic N) is 2. The van der Waals surface area contributed by atoms with Gasteiger partial charge in [-0.25, -0.2) is 16.8 Å². The van der Waals surface area contributed by atoms with E-state index in [1.165, 1.54) is 31.2 Å². The molecule has 1 saturated heterocycles. The molecule has 1 aliphatic rings. The average molecular weight is 543 g/mol. The largest absolute Gasteiger partial charge is 0.326 e. The fourth-order valence-electron chi connectivity index (χ4n) is 4.00. The molecule has 3 aromatic rings. The molecule has 0 aliphatic carbocycles.